The van der Waals surface area contributed by atoms with Crippen LogP contribution in [0.15, 0.2) is 47.4 Å². The Morgan fingerprint density at radius 3 is 2.21 bits per heavy atom. The minimum absolute atomic E-state index is 0.0752. The number of benzene rings is 2. The van der Waals surface area contributed by atoms with Crippen LogP contribution in [0.4, 0.5) is 0 Å². The van der Waals surface area contributed by atoms with Gasteiger partial charge in [0.1, 0.15) is 11.9 Å². The van der Waals surface area contributed by atoms with E-state index in [0.717, 1.165) is 43.4 Å². The molecule has 2 aromatic rings. The molecule has 0 bridgehead atoms. The van der Waals surface area contributed by atoms with E-state index < -0.39 is 10.0 Å². The van der Waals surface area contributed by atoms with Crippen LogP contribution in [0.25, 0.3) is 0 Å². The zero-order valence-electron chi connectivity index (χ0n) is 19.6. The third-order valence-corrected chi connectivity index (χ3v) is 8.72. The molecule has 2 fully saturated rings. The van der Waals surface area contributed by atoms with E-state index >= 15 is 0 Å². The number of amides is 1. The number of aryl methyl sites for hydroxylation is 2. The van der Waals surface area contributed by atoms with Crippen molar-refractivity contribution in [3.8, 4) is 5.75 Å². The quantitative estimate of drug-likeness (QED) is 0.638. The first-order valence-corrected chi connectivity index (χ1v) is 13.4. The van der Waals surface area contributed by atoms with Crippen LogP contribution in [0.3, 0.4) is 0 Å². The molecule has 2 aromatic carbocycles. The van der Waals surface area contributed by atoms with Crippen molar-refractivity contribution in [2.45, 2.75) is 63.4 Å². The van der Waals surface area contributed by atoms with E-state index in [1.54, 1.807) is 28.6 Å². The van der Waals surface area contributed by atoms with Crippen molar-refractivity contribution in [2.75, 3.05) is 26.2 Å². The Labute approximate surface area is 197 Å². The van der Waals surface area contributed by atoms with E-state index in [1.165, 1.54) is 11.1 Å². The average molecular weight is 471 g/mol. The van der Waals surface area contributed by atoms with Gasteiger partial charge in [0.25, 0.3) is 0 Å². The predicted octanol–water partition coefficient (Wildman–Crippen LogP) is 4.09. The summed E-state index contributed by atoms with van der Waals surface area (Å²) in [5.41, 5.74) is 3.31. The Morgan fingerprint density at radius 2 is 1.58 bits per heavy atom. The summed E-state index contributed by atoms with van der Waals surface area (Å²) in [7, 11) is -3.44. The first-order chi connectivity index (χ1) is 15.8. The molecule has 33 heavy (non-hydrogen) atoms. The maximum absolute atomic E-state index is 12.8. The number of nitrogens with zero attached hydrogens (tertiary/aromatic N) is 2. The van der Waals surface area contributed by atoms with Crippen molar-refractivity contribution >= 4 is 15.9 Å². The lowest BCUT2D eigenvalue weighted by molar-refractivity contribution is -0.132. The Balaban J connectivity index is 1.28. The number of hydrogen-bond donors (Lipinski definition) is 0. The molecule has 0 atom stereocenters. The predicted molar refractivity (Wildman–Crippen MR) is 129 cm³/mol. The van der Waals surface area contributed by atoms with Gasteiger partial charge in [-0.2, -0.15) is 4.31 Å². The molecule has 4 rings (SSSR count). The smallest absolute Gasteiger partial charge is 0.243 e. The van der Waals surface area contributed by atoms with E-state index in [-0.39, 0.29) is 18.4 Å². The number of sulfonamides is 1. The second-order valence-electron chi connectivity index (χ2n) is 9.23. The van der Waals surface area contributed by atoms with Crippen LogP contribution >= 0.6 is 0 Å². The zero-order valence-corrected chi connectivity index (χ0v) is 20.4. The fourth-order valence-corrected chi connectivity index (χ4v) is 6.04. The normalized spacial score (nSPS) is 18.3. The van der Waals surface area contributed by atoms with Gasteiger partial charge in [0.15, 0.2) is 0 Å². The van der Waals surface area contributed by atoms with Gasteiger partial charge in [-0.15, -0.1) is 0 Å². The van der Waals surface area contributed by atoms with Gasteiger partial charge in [0.05, 0.1) is 11.3 Å². The van der Waals surface area contributed by atoms with Crippen molar-refractivity contribution in [1.29, 1.82) is 0 Å². The molecule has 2 heterocycles. The lowest BCUT2D eigenvalue weighted by Crippen LogP contribution is -2.42. The van der Waals surface area contributed by atoms with E-state index in [9.17, 15) is 13.2 Å². The summed E-state index contributed by atoms with van der Waals surface area (Å²) in [5, 5.41) is 0. The third kappa shape index (κ3) is 5.76. The van der Waals surface area contributed by atoms with Gasteiger partial charge in [-0.05, 0) is 67.6 Å². The highest BCUT2D eigenvalue weighted by Gasteiger charge is 2.27. The summed E-state index contributed by atoms with van der Waals surface area (Å²) < 4.78 is 33.3. The van der Waals surface area contributed by atoms with Gasteiger partial charge in [0, 0.05) is 39.0 Å². The molecule has 0 radical (unpaired) electrons. The van der Waals surface area contributed by atoms with Gasteiger partial charge >= 0.3 is 0 Å². The lowest BCUT2D eigenvalue weighted by Gasteiger charge is -2.32. The summed E-state index contributed by atoms with van der Waals surface area (Å²) in [6.07, 6.45) is 4.94. The summed E-state index contributed by atoms with van der Waals surface area (Å²) in [5.74, 6) is 0.966. The molecule has 7 heteroatoms. The minimum Gasteiger partial charge on any atom is -0.490 e. The lowest BCUT2D eigenvalue weighted by atomic mass is 10.1. The third-order valence-electron chi connectivity index (χ3n) is 6.81. The molecule has 2 aliphatic heterocycles. The maximum Gasteiger partial charge on any atom is 0.243 e. The van der Waals surface area contributed by atoms with Crippen LogP contribution < -0.4 is 4.74 Å². The first-order valence-electron chi connectivity index (χ1n) is 11.9. The largest absolute Gasteiger partial charge is 0.490 e. The summed E-state index contributed by atoms with van der Waals surface area (Å²) in [4.78, 5) is 15.0. The van der Waals surface area contributed by atoms with Gasteiger partial charge in [-0.3, -0.25) is 4.79 Å². The fraction of sp³-hybridized carbons (Fsp3) is 0.500. The average Bonchev–Trinajstić information content (AvgIpc) is 2.83. The standard InChI is InChI=1S/C26H34N2O4S/c1-20-6-9-24(18-21(20)2)32-23-12-16-27(17-13-23)26(29)19-22-7-10-25(11-8-22)33(30,31)28-14-4-3-5-15-28/h6-11,18,23H,3-5,12-17,19H2,1-2H3. The van der Waals surface area contributed by atoms with E-state index in [0.29, 0.717) is 31.1 Å². The number of carbonyl (C=O) groups is 1. The maximum atomic E-state index is 12.8. The van der Waals surface area contributed by atoms with Gasteiger partial charge in [0.2, 0.25) is 15.9 Å². The van der Waals surface area contributed by atoms with Crippen molar-refractivity contribution < 1.29 is 17.9 Å². The molecule has 6 nitrogen and oxygen atoms in total. The molecule has 0 aromatic heterocycles. The second-order valence-corrected chi connectivity index (χ2v) is 11.2. The van der Waals surface area contributed by atoms with Crippen LogP contribution in [0.2, 0.25) is 0 Å². The summed E-state index contributed by atoms with van der Waals surface area (Å²) >= 11 is 0. The van der Waals surface area contributed by atoms with Crippen molar-refractivity contribution in [2.24, 2.45) is 0 Å². The molecule has 0 spiro atoms. The molecule has 2 aliphatic rings. The Hall–Kier alpha value is -2.38. The van der Waals surface area contributed by atoms with Crippen molar-refractivity contribution in [3.63, 3.8) is 0 Å². The number of ether oxygens (including phenoxy) is 1. The van der Waals surface area contributed by atoms with Gasteiger partial charge < -0.3 is 9.64 Å². The van der Waals surface area contributed by atoms with Crippen LogP contribution in [0.5, 0.6) is 5.75 Å². The number of piperidine rings is 2. The molecule has 0 N–H and O–H groups in total. The Bertz CT molecular complexity index is 1070. The van der Waals surface area contributed by atoms with Crippen LogP contribution in [-0.2, 0) is 21.2 Å². The Morgan fingerprint density at radius 1 is 0.909 bits per heavy atom. The molecule has 1 amide bonds. The van der Waals surface area contributed by atoms with Crippen molar-refractivity contribution in [1.82, 2.24) is 9.21 Å². The molecule has 0 saturated carbocycles. The van der Waals surface area contributed by atoms with Gasteiger partial charge in [-0.1, -0.05) is 24.6 Å². The zero-order chi connectivity index (χ0) is 23.4. The van der Waals surface area contributed by atoms with E-state index in [2.05, 4.69) is 26.0 Å². The number of hydrogen-bond acceptors (Lipinski definition) is 4. The molecule has 0 unspecified atom stereocenters. The first kappa shape index (κ1) is 23.8. The number of rotatable bonds is 6. The molecular formula is C26H34N2O4S. The molecule has 0 aliphatic carbocycles. The van der Waals surface area contributed by atoms with Crippen molar-refractivity contribution in [3.05, 3.63) is 59.2 Å². The summed E-state index contributed by atoms with van der Waals surface area (Å²) in [6, 6.07) is 13.0. The van der Waals surface area contributed by atoms with Crippen LogP contribution in [0.1, 0.15) is 48.8 Å². The highest BCUT2D eigenvalue weighted by Crippen LogP contribution is 2.23. The monoisotopic (exact) mass is 470 g/mol. The van der Waals surface area contributed by atoms with Crippen LogP contribution in [-0.4, -0.2) is 55.8 Å². The van der Waals surface area contributed by atoms with E-state index in [4.69, 9.17) is 4.74 Å². The van der Waals surface area contributed by atoms with E-state index in [1.807, 2.05) is 11.0 Å². The highest BCUT2D eigenvalue weighted by molar-refractivity contribution is 7.89. The Kier molecular flexibility index (Phi) is 7.39. The fourth-order valence-electron chi connectivity index (χ4n) is 4.52. The topological polar surface area (TPSA) is 66.9 Å². The molecule has 178 valence electrons. The number of likely N-dealkylation sites (tertiary alicyclic amines) is 1. The number of carbonyl (C=O) groups excluding carboxylic acids is 1. The second kappa shape index (κ2) is 10.3. The molecular weight excluding hydrogens is 436 g/mol. The highest BCUT2D eigenvalue weighted by atomic mass is 32.2. The summed E-state index contributed by atoms with van der Waals surface area (Å²) in [6.45, 7) is 6.70. The van der Waals surface area contributed by atoms with Gasteiger partial charge in [-0.25, -0.2) is 8.42 Å². The van der Waals surface area contributed by atoms with Crippen LogP contribution in [0, 0.1) is 13.8 Å². The minimum atomic E-state index is -3.44. The molecule has 2 saturated heterocycles. The SMILES string of the molecule is Cc1ccc(OC2CCN(C(=O)Cc3ccc(S(=O)(=O)N4CCCCC4)cc3)CC2)cc1C.